The van der Waals surface area contributed by atoms with Gasteiger partial charge >= 0.3 is 12.2 Å². The van der Waals surface area contributed by atoms with Crippen molar-refractivity contribution in [1.29, 1.82) is 0 Å². The maximum Gasteiger partial charge on any atom is 0.410 e. The molecule has 1 aromatic rings. The Morgan fingerprint density at radius 1 is 1.00 bits per heavy atom. The molecule has 242 valence electrons. The molecular weight excluding hydrogens is 536 g/mol. The lowest BCUT2D eigenvalue weighted by atomic mass is 9.74. The molecule has 0 aromatic heterocycles. The SMILES string of the molecule is CC.CC.CCC(C)/C(=C\C(=NC)N1CCN(C(=O)OC(C)(C)C)CC1)C1CCC1.Cc1ccc(OC(C)(F)F)cc1. The number of rotatable bonds is 6. The number of carbonyl (C=O) groups is 1. The Balaban J connectivity index is 0.000000876. The van der Waals surface area contributed by atoms with Gasteiger partial charge in [0.05, 0.1) is 0 Å². The molecule has 0 radical (unpaired) electrons. The maximum atomic E-state index is 12.3. The number of aryl methyl sites for hydroxylation is 1. The third-order valence-corrected chi connectivity index (χ3v) is 6.86. The Morgan fingerprint density at radius 2 is 1.50 bits per heavy atom. The molecule has 8 heteroatoms. The number of benzene rings is 1. The molecule has 1 atom stereocenters. The van der Waals surface area contributed by atoms with Gasteiger partial charge in [0.15, 0.2) is 0 Å². The molecule has 1 unspecified atom stereocenters. The van der Waals surface area contributed by atoms with Crippen LogP contribution in [0.1, 0.15) is 100 Å². The van der Waals surface area contributed by atoms with E-state index in [0.29, 0.717) is 25.9 Å². The van der Waals surface area contributed by atoms with E-state index in [9.17, 15) is 13.6 Å². The number of nitrogens with zero attached hydrogens (tertiary/aromatic N) is 3. The Hall–Kier alpha value is -2.64. The second-order valence-corrected chi connectivity index (χ2v) is 11.3. The number of hydrogen-bond acceptors (Lipinski definition) is 4. The van der Waals surface area contributed by atoms with E-state index in [1.165, 1.54) is 37.8 Å². The standard InChI is InChI=1S/C21H37N3O2.C9H10F2O.2C2H6/c1-7-16(2)18(17-9-8-10-17)15-19(22-6)23-11-13-24(14-12-23)20(25)26-21(3,4)5;1-7-3-5-8(6-4-7)12-9(2,10)11;2*1-2/h15-17H,7-14H2,1-6H3;3-6H,1-2H3;2*1-2H3/b18-15+,22-19?;;;. The van der Waals surface area contributed by atoms with Crippen LogP contribution in [0.15, 0.2) is 40.9 Å². The summed E-state index contributed by atoms with van der Waals surface area (Å²) in [5.74, 6) is 2.61. The topological polar surface area (TPSA) is 54.4 Å². The summed E-state index contributed by atoms with van der Waals surface area (Å²) in [5.41, 5.74) is 2.14. The van der Waals surface area contributed by atoms with Gasteiger partial charge in [-0.15, -0.1) is 0 Å². The summed E-state index contributed by atoms with van der Waals surface area (Å²) in [5, 5.41) is 0. The smallest absolute Gasteiger partial charge is 0.410 e. The summed E-state index contributed by atoms with van der Waals surface area (Å²) in [6, 6.07) is 6.49. The molecule has 1 saturated heterocycles. The van der Waals surface area contributed by atoms with Crippen molar-refractivity contribution in [2.45, 2.75) is 114 Å². The van der Waals surface area contributed by atoms with Crippen molar-refractivity contribution < 1.29 is 23.0 Å². The lowest BCUT2D eigenvalue weighted by molar-refractivity contribution is -0.158. The fourth-order valence-corrected chi connectivity index (χ4v) is 4.34. The Morgan fingerprint density at radius 3 is 1.88 bits per heavy atom. The van der Waals surface area contributed by atoms with Gasteiger partial charge in [-0.25, -0.2) is 4.79 Å². The average molecular weight is 596 g/mol. The summed E-state index contributed by atoms with van der Waals surface area (Å²) in [4.78, 5) is 20.9. The van der Waals surface area contributed by atoms with Crippen LogP contribution in [0.4, 0.5) is 13.6 Å². The highest BCUT2D eigenvalue weighted by Gasteiger charge is 2.29. The van der Waals surface area contributed by atoms with E-state index in [-0.39, 0.29) is 11.8 Å². The van der Waals surface area contributed by atoms with Crippen LogP contribution < -0.4 is 4.74 Å². The van der Waals surface area contributed by atoms with Crippen LogP contribution in [0.2, 0.25) is 0 Å². The van der Waals surface area contributed by atoms with Gasteiger partial charge in [0.2, 0.25) is 0 Å². The van der Waals surface area contributed by atoms with E-state index in [1.54, 1.807) is 22.6 Å². The molecule has 6 nitrogen and oxygen atoms in total. The van der Waals surface area contributed by atoms with Crippen LogP contribution in [0, 0.1) is 18.8 Å². The van der Waals surface area contributed by atoms with Gasteiger partial charge in [-0.2, -0.15) is 8.78 Å². The number of amidine groups is 1. The van der Waals surface area contributed by atoms with E-state index < -0.39 is 11.7 Å². The predicted molar refractivity (Wildman–Crippen MR) is 173 cm³/mol. The zero-order valence-electron chi connectivity index (χ0n) is 28.5. The first-order valence-corrected chi connectivity index (χ1v) is 15.8. The number of piperazine rings is 1. The first-order valence-electron chi connectivity index (χ1n) is 15.8. The minimum atomic E-state index is -3.10. The molecule has 0 spiro atoms. The van der Waals surface area contributed by atoms with Crippen LogP contribution >= 0.6 is 0 Å². The van der Waals surface area contributed by atoms with Gasteiger partial charge in [0.25, 0.3) is 0 Å². The van der Waals surface area contributed by atoms with Crippen molar-refractivity contribution in [3.63, 3.8) is 0 Å². The van der Waals surface area contributed by atoms with E-state index in [4.69, 9.17) is 4.74 Å². The molecule has 1 aliphatic carbocycles. The molecule has 1 aliphatic heterocycles. The average Bonchev–Trinajstić information content (AvgIpc) is 2.92. The number of allylic oxidation sites excluding steroid dienone is 1. The summed E-state index contributed by atoms with van der Waals surface area (Å²) in [6.07, 6.45) is 4.19. The molecule has 0 bridgehead atoms. The van der Waals surface area contributed by atoms with E-state index >= 15 is 0 Å². The van der Waals surface area contributed by atoms with E-state index in [0.717, 1.165) is 30.4 Å². The lowest BCUT2D eigenvalue weighted by Gasteiger charge is -2.37. The second-order valence-electron chi connectivity index (χ2n) is 11.3. The fourth-order valence-electron chi connectivity index (χ4n) is 4.34. The van der Waals surface area contributed by atoms with Crippen LogP contribution in [-0.4, -0.2) is 66.7 Å². The summed E-state index contributed by atoms with van der Waals surface area (Å²) < 4.78 is 34.4. The molecule has 1 heterocycles. The third kappa shape index (κ3) is 15.0. The number of alkyl halides is 2. The van der Waals surface area contributed by atoms with Gasteiger partial charge in [0, 0.05) is 40.2 Å². The summed E-state index contributed by atoms with van der Waals surface area (Å²) in [7, 11) is 1.88. The second kappa shape index (κ2) is 19.5. The number of halogens is 2. The van der Waals surface area contributed by atoms with Gasteiger partial charge in [-0.05, 0) is 77.0 Å². The number of amides is 1. The van der Waals surface area contributed by atoms with Crippen LogP contribution in [0.5, 0.6) is 5.75 Å². The van der Waals surface area contributed by atoms with Gasteiger partial charge < -0.3 is 19.3 Å². The Labute approximate surface area is 255 Å². The van der Waals surface area contributed by atoms with Crippen LogP contribution in [-0.2, 0) is 4.74 Å². The number of carbonyl (C=O) groups excluding carboxylic acids is 1. The van der Waals surface area contributed by atoms with Crippen molar-refractivity contribution in [2.75, 3.05) is 33.2 Å². The predicted octanol–water partition coefficient (Wildman–Crippen LogP) is 9.38. The first kappa shape index (κ1) is 39.4. The minimum absolute atomic E-state index is 0.188. The molecule has 42 heavy (non-hydrogen) atoms. The molecule has 0 N–H and O–H groups in total. The Kier molecular flexibility index (Phi) is 18.3. The third-order valence-electron chi connectivity index (χ3n) is 6.86. The van der Waals surface area contributed by atoms with Gasteiger partial charge in [-0.3, -0.25) is 4.99 Å². The molecule has 1 saturated carbocycles. The number of ether oxygens (including phenoxy) is 2. The highest BCUT2D eigenvalue weighted by molar-refractivity contribution is 5.93. The minimum Gasteiger partial charge on any atom is -0.444 e. The monoisotopic (exact) mass is 595 g/mol. The molecule has 2 aliphatic rings. The van der Waals surface area contributed by atoms with Crippen molar-refractivity contribution in [3.05, 3.63) is 41.5 Å². The zero-order valence-corrected chi connectivity index (χ0v) is 28.5. The van der Waals surface area contributed by atoms with Crippen molar-refractivity contribution in [3.8, 4) is 5.75 Å². The van der Waals surface area contributed by atoms with E-state index in [2.05, 4.69) is 34.6 Å². The highest BCUT2D eigenvalue weighted by Crippen LogP contribution is 2.38. The number of aliphatic imine (C=N–C) groups is 1. The number of hydrogen-bond donors (Lipinski definition) is 0. The molecular formula is C34H59F2N3O3. The Bertz CT molecular complexity index is 932. The first-order chi connectivity index (χ1) is 19.7. The van der Waals surface area contributed by atoms with Gasteiger partial charge in [0.1, 0.15) is 17.2 Å². The molecule has 1 amide bonds. The van der Waals surface area contributed by atoms with Crippen LogP contribution in [0.3, 0.4) is 0 Å². The summed E-state index contributed by atoms with van der Waals surface area (Å²) in [6.45, 7) is 23.9. The van der Waals surface area contributed by atoms with Gasteiger partial charge in [-0.1, -0.05) is 71.2 Å². The quantitative estimate of drug-likeness (QED) is 0.243. The van der Waals surface area contributed by atoms with Crippen molar-refractivity contribution in [1.82, 2.24) is 9.80 Å². The lowest BCUT2D eigenvalue weighted by Crippen LogP contribution is -2.51. The van der Waals surface area contributed by atoms with E-state index in [1.807, 2.05) is 62.4 Å². The van der Waals surface area contributed by atoms with Crippen LogP contribution in [0.25, 0.3) is 0 Å². The normalized spacial score (nSPS) is 16.8. The van der Waals surface area contributed by atoms with Crippen molar-refractivity contribution >= 4 is 11.9 Å². The van der Waals surface area contributed by atoms with Crippen molar-refractivity contribution in [2.24, 2.45) is 16.8 Å². The largest absolute Gasteiger partial charge is 0.444 e. The fraction of sp³-hybridized carbons (Fsp3) is 0.706. The highest BCUT2D eigenvalue weighted by atomic mass is 19.3. The zero-order chi connectivity index (χ0) is 32.5. The molecule has 2 fully saturated rings. The molecule has 1 aromatic carbocycles. The molecule has 3 rings (SSSR count). The summed E-state index contributed by atoms with van der Waals surface area (Å²) >= 11 is 0. The maximum absolute atomic E-state index is 12.3.